The van der Waals surface area contributed by atoms with E-state index in [9.17, 15) is 4.79 Å². The Balaban J connectivity index is 3.26. The smallest absolute Gasteiger partial charge is 0.404 e. The van der Waals surface area contributed by atoms with E-state index in [-0.39, 0.29) is 6.10 Å². The Morgan fingerprint density at radius 2 is 2.33 bits per heavy atom. The molecule has 0 radical (unpaired) electrons. The van der Waals surface area contributed by atoms with Gasteiger partial charge in [0, 0.05) is 0 Å². The maximum atomic E-state index is 10.0. The Bertz CT molecular complexity index is 95.0. The van der Waals surface area contributed by atoms with Gasteiger partial charge in [-0.1, -0.05) is 0 Å². The van der Waals surface area contributed by atoms with Gasteiger partial charge in [-0.2, -0.15) is 0 Å². The molecule has 0 heterocycles. The molecular formula is C5H12N2O2. The van der Waals surface area contributed by atoms with Gasteiger partial charge in [0.05, 0.1) is 0 Å². The number of carbonyl (C=O) groups excluding carboxylic acids is 1. The average molecular weight is 132 g/mol. The summed E-state index contributed by atoms with van der Waals surface area (Å²) in [5.41, 5.74) is 9.89. The van der Waals surface area contributed by atoms with Gasteiger partial charge in [-0.25, -0.2) is 4.79 Å². The van der Waals surface area contributed by atoms with Crippen LogP contribution in [0.5, 0.6) is 0 Å². The number of nitrogens with two attached hydrogens (primary N) is 2. The first-order chi connectivity index (χ1) is 4.16. The molecule has 54 valence electrons. The van der Waals surface area contributed by atoms with Crippen molar-refractivity contribution < 1.29 is 9.53 Å². The second-order valence-electron chi connectivity index (χ2n) is 1.82. The summed E-state index contributed by atoms with van der Waals surface area (Å²) in [5.74, 6) is 0. The number of amides is 1. The summed E-state index contributed by atoms with van der Waals surface area (Å²) in [4.78, 5) is 10.0. The van der Waals surface area contributed by atoms with Crippen LogP contribution in [0.3, 0.4) is 0 Å². The average Bonchev–Trinajstić information content (AvgIpc) is 1.63. The highest BCUT2D eigenvalue weighted by molar-refractivity contribution is 5.64. The summed E-state index contributed by atoms with van der Waals surface area (Å²) >= 11 is 0. The highest BCUT2D eigenvalue weighted by atomic mass is 16.6. The lowest BCUT2D eigenvalue weighted by atomic mass is 10.3. The monoisotopic (exact) mass is 132 g/mol. The quantitative estimate of drug-likeness (QED) is 0.559. The van der Waals surface area contributed by atoms with E-state index in [4.69, 9.17) is 11.5 Å². The third-order valence-electron chi connectivity index (χ3n) is 0.891. The number of hydrogen-bond donors (Lipinski definition) is 2. The van der Waals surface area contributed by atoms with Gasteiger partial charge in [0.2, 0.25) is 0 Å². The lowest BCUT2D eigenvalue weighted by Gasteiger charge is -2.08. The minimum absolute atomic E-state index is 0.160. The van der Waals surface area contributed by atoms with Crippen LogP contribution < -0.4 is 11.5 Å². The van der Waals surface area contributed by atoms with Crippen LogP contribution in [0.25, 0.3) is 0 Å². The second-order valence-corrected chi connectivity index (χ2v) is 1.82. The summed E-state index contributed by atoms with van der Waals surface area (Å²) in [5, 5.41) is 0. The molecule has 0 saturated heterocycles. The lowest BCUT2D eigenvalue weighted by Crippen LogP contribution is -2.22. The van der Waals surface area contributed by atoms with Crippen LogP contribution >= 0.6 is 0 Å². The Morgan fingerprint density at radius 1 is 1.78 bits per heavy atom. The van der Waals surface area contributed by atoms with Crippen molar-refractivity contribution in [3.05, 3.63) is 0 Å². The molecule has 0 aliphatic rings. The van der Waals surface area contributed by atoms with Crippen molar-refractivity contribution in [2.45, 2.75) is 19.4 Å². The molecule has 1 atom stereocenters. The summed E-state index contributed by atoms with van der Waals surface area (Å²) in [6.07, 6.45) is -0.244. The minimum Gasteiger partial charge on any atom is -0.447 e. The Hall–Kier alpha value is -0.770. The Morgan fingerprint density at radius 3 is 2.67 bits per heavy atom. The predicted molar refractivity (Wildman–Crippen MR) is 33.8 cm³/mol. The molecule has 0 aliphatic heterocycles. The molecule has 4 N–H and O–H groups in total. The number of ether oxygens (including phenoxy) is 1. The molecule has 0 saturated carbocycles. The van der Waals surface area contributed by atoms with E-state index in [0.29, 0.717) is 13.0 Å². The lowest BCUT2D eigenvalue weighted by molar-refractivity contribution is 0.113. The molecule has 0 spiro atoms. The summed E-state index contributed by atoms with van der Waals surface area (Å²) in [7, 11) is 0. The maximum Gasteiger partial charge on any atom is 0.404 e. The van der Waals surface area contributed by atoms with Crippen LogP contribution in [-0.2, 0) is 4.74 Å². The molecule has 0 unspecified atom stereocenters. The number of rotatable bonds is 3. The molecule has 0 rings (SSSR count). The standard InChI is InChI=1S/C5H12N2O2/c1-4(2-3-6)9-5(7)8/h4H,2-3,6H2,1H3,(H2,7,8)/t4-/m1/s1. The van der Waals surface area contributed by atoms with Crippen LogP contribution in [0.2, 0.25) is 0 Å². The first-order valence-corrected chi connectivity index (χ1v) is 2.83. The molecule has 0 aromatic rings. The van der Waals surface area contributed by atoms with E-state index in [0.717, 1.165) is 0 Å². The van der Waals surface area contributed by atoms with Gasteiger partial charge in [0.25, 0.3) is 0 Å². The van der Waals surface area contributed by atoms with Crippen molar-refractivity contribution in [1.29, 1.82) is 0 Å². The van der Waals surface area contributed by atoms with Crippen molar-refractivity contribution in [3.63, 3.8) is 0 Å². The normalized spacial score (nSPS) is 12.7. The molecule has 0 fully saturated rings. The zero-order chi connectivity index (χ0) is 7.28. The summed E-state index contributed by atoms with van der Waals surface area (Å²) in [6.45, 7) is 2.26. The SMILES string of the molecule is C[C@H](CCN)OC(N)=O. The Labute approximate surface area is 54.2 Å². The van der Waals surface area contributed by atoms with Crippen molar-refractivity contribution in [1.82, 2.24) is 0 Å². The van der Waals surface area contributed by atoms with Gasteiger partial charge in [-0.3, -0.25) is 0 Å². The molecule has 4 nitrogen and oxygen atoms in total. The first-order valence-electron chi connectivity index (χ1n) is 2.83. The van der Waals surface area contributed by atoms with Crippen molar-refractivity contribution in [3.8, 4) is 0 Å². The van der Waals surface area contributed by atoms with E-state index in [1.165, 1.54) is 0 Å². The van der Waals surface area contributed by atoms with Crippen molar-refractivity contribution in [2.75, 3.05) is 6.54 Å². The second kappa shape index (κ2) is 4.14. The molecule has 1 amide bonds. The van der Waals surface area contributed by atoms with E-state index in [1.807, 2.05) is 0 Å². The highest BCUT2D eigenvalue weighted by Crippen LogP contribution is 1.93. The molecular weight excluding hydrogens is 120 g/mol. The number of hydrogen-bond acceptors (Lipinski definition) is 3. The minimum atomic E-state index is -0.740. The Kier molecular flexibility index (Phi) is 3.79. The predicted octanol–water partition coefficient (Wildman–Crippen LogP) is -0.181. The molecule has 0 aromatic heterocycles. The fraction of sp³-hybridized carbons (Fsp3) is 0.800. The fourth-order valence-electron chi connectivity index (χ4n) is 0.492. The molecule has 0 bridgehead atoms. The molecule has 4 heteroatoms. The maximum absolute atomic E-state index is 10.0. The van der Waals surface area contributed by atoms with E-state index in [2.05, 4.69) is 4.74 Å². The molecule has 0 aliphatic carbocycles. The van der Waals surface area contributed by atoms with Gasteiger partial charge >= 0.3 is 6.09 Å². The van der Waals surface area contributed by atoms with E-state index >= 15 is 0 Å². The topological polar surface area (TPSA) is 78.3 Å². The first kappa shape index (κ1) is 8.23. The van der Waals surface area contributed by atoms with Gasteiger partial charge in [-0.05, 0) is 19.9 Å². The molecule has 9 heavy (non-hydrogen) atoms. The van der Waals surface area contributed by atoms with Gasteiger partial charge in [-0.15, -0.1) is 0 Å². The van der Waals surface area contributed by atoms with Crippen LogP contribution in [0.4, 0.5) is 4.79 Å². The van der Waals surface area contributed by atoms with E-state index < -0.39 is 6.09 Å². The zero-order valence-corrected chi connectivity index (χ0v) is 5.46. The van der Waals surface area contributed by atoms with Gasteiger partial charge in [0.15, 0.2) is 0 Å². The van der Waals surface area contributed by atoms with Crippen LogP contribution in [0.15, 0.2) is 0 Å². The number of primary amides is 1. The van der Waals surface area contributed by atoms with Crippen molar-refractivity contribution >= 4 is 6.09 Å². The van der Waals surface area contributed by atoms with Crippen molar-refractivity contribution in [2.24, 2.45) is 11.5 Å². The largest absolute Gasteiger partial charge is 0.447 e. The third kappa shape index (κ3) is 5.10. The summed E-state index contributed by atoms with van der Waals surface area (Å²) in [6, 6.07) is 0. The number of carbonyl (C=O) groups is 1. The molecule has 0 aromatic carbocycles. The van der Waals surface area contributed by atoms with Gasteiger partial charge < -0.3 is 16.2 Å². The van der Waals surface area contributed by atoms with Crippen LogP contribution in [-0.4, -0.2) is 18.7 Å². The highest BCUT2D eigenvalue weighted by Gasteiger charge is 2.02. The third-order valence-corrected chi connectivity index (χ3v) is 0.891. The fourth-order valence-corrected chi connectivity index (χ4v) is 0.492. The summed E-state index contributed by atoms with van der Waals surface area (Å²) < 4.78 is 4.55. The van der Waals surface area contributed by atoms with Gasteiger partial charge in [0.1, 0.15) is 6.10 Å². The van der Waals surface area contributed by atoms with Crippen LogP contribution in [0, 0.1) is 0 Å². The van der Waals surface area contributed by atoms with E-state index in [1.54, 1.807) is 6.92 Å². The zero-order valence-electron chi connectivity index (χ0n) is 5.46. The van der Waals surface area contributed by atoms with Crippen LogP contribution in [0.1, 0.15) is 13.3 Å².